The molecule has 0 fully saturated rings. The van der Waals surface area contributed by atoms with Crippen LogP contribution in [0.4, 0.5) is 11.4 Å². The van der Waals surface area contributed by atoms with Gasteiger partial charge in [0.05, 0.1) is 15.9 Å². The Kier molecular flexibility index (Phi) is 4.19. The molecule has 2 rings (SSSR count). The van der Waals surface area contributed by atoms with Crippen LogP contribution in [0, 0.1) is 0 Å². The standard InChI is InChI=1S/C14H15NO3S/c16-19(17,18)12-11-15(13-7-3-1-4-8-13)14-9-5-2-6-10-14/h1-10H,11-12H2,(H,16,17,18)/p-1. The number of anilines is 2. The molecule has 0 bridgehead atoms. The molecule has 0 amide bonds. The molecule has 0 aliphatic heterocycles. The highest BCUT2D eigenvalue weighted by Gasteiger charge is 2.09. The maximum atomic E-state index is 10.8. The average molecular weight is 276 g/mol. The summed E-state index contributed by atoms with van der Waals surface area (Å²) in [6, 6.07) is 18.8. The highest BCUT2D eigenvalue weighted by molar-refractivity contribution is 7.85. The van der Waals surface area contributed by atoms with Crippen molar-refractivity contribution in [1.82, 2.24) is 0 Å². The Morgan fingerprint density at radius 1 is 0.842 bits per heavy atom. The number of benzene rings is 2. The van der Waals surface area contributed by atoms with Crippen molar-refractivity contribution in [2.75, 3.05) is 17.2 Å². The van der Waals surface area contributed by atoms with Crippen LogP contribution >= 0.6 is 0 Å². The zero-order valence-electron chi connectivity index (χ0n) is 10.3. The molecule has 4 nitrogen and oxygen atoms in total. The van der Waals surface area contributed by atoms with E-state index < -0.39 is 15.9 Å². The number of hydrogen-bond donors (Lipinski definition) is 0. The van der Waals surface area contributed by atoms with Gasteiger partial charge in [-0.25, -0.2) is 8.42 Å². The third kappa shape index (κ3) is 4.08. The topological polar surface area (TPSA) is 60.4 Å². The lowest BCUT2D eigenvalue weighted by Gasteiger charge is -2.25. The molecule has 0 saturated heterocycles. The van der Waals surface area contributed by atoms with Crippen molar-refractivity contribution in [1.29, 1.82) is 0 Å². The molecule has 0 aromatic heterocycles. The molecule has 0 spiro atoms. The summed E-state index contributed by atoms with van der Waals surface area (Å²) in [6.07, 6.45) is 0. The minimum atomic E-state index is -4.23. The van der Waals surface area contributed by atoms with E-state index in [0.29, 0.717) is 0 Å². The van der Waals surface area contributed by atoms with E-state index >= 15 is 0 Å². The Labute approximate surface area is 113 Å². The molecule has 19 heavy (non-hydrogen) atoms. The number of hydrogen-bond acceptors (Lipinski definition) is 4. The summed E-state index contributed by atoms with van der Waals surface area (Å²) in [5.41, 5.74) is 1.72. The highest BCUT2D eigenvalue weighted by atomic mass is 32.2. The minimum Gasteiger partial charge on any atom is -0.748 e. The zero-order chi connectivity index (χ0) is 13.7. The predicted molar refractivity (Wildman–Crippen MR) is 74.5 cm³/mol. The monoisotopic (exact) mass is 276 g/mol. The highest BCUT2D eigenvalue weighted by Crippen LogP contribution is 2.24. The quantitative estimate of drug-likeness (QED) is 0.787. The maximum absolute atomic E-state index is 10.8. The van der Waals surface area contributed by atoms with Gasteiger partial charge in [0.15, 0.2) is 0 Å². The van der Waals surface area contributed by atoms with Gasteiger partial charge in [0.1, 0.15) is 0 Å². The normalized spacial score (nSPS) is 11.2. The molecule has 0 N–H and O–H groups in total. The van der Waals surface area contributed by atoms with Crippen LogP contribution in [-0.4, -0.2) is 25.3 Å². The van der Waals surface area contributed by atoms with Gasteiger partial charge in [-0.3, -0.25) is 0 Å². The average Bonchev–Trinajstić information content (AvgIpc) is 2.40. The fraction of sp³-hybridized carbons (Fsp3) is 0.143. The van der Waals surface area contributed by atoms with Crippen LogP contribution in [0.5, 0.6) is 0 Å². The molecule has 5 heteroatoms. The Bertz CT molecular complexity index is 572. The van der Waals surface area contributed by atoms with E-state index in [1.807, 2.05) is 65.6 Å². The predicted octanol–water partition coefficient (Wildman–Crippen LogP) is 2.37. The second kappa shape index (κ2) is 5.86. The van der Waals surface area contributed by atoms with Gasteiger partial charge < -0.3 is 9.45 Å². The summed E-state index contributed by atoms with van der Waals surface area (Å²) in [5.74, 6) is -0.420. The SMILES string of the molecule is O=S(=O)([O-])CCN(c1ccccc1)c1ccccc1. The van der Waals surface area contributed by atoms with E-state index in [1.165, 1.54) is 0 Å². The van der Waals surface area contributed by atoms with Crippen molar-refractivity contribution in [2.45, 2.75) is 0 Å². The van der Waals surface area contributed by atoms with Crippen molar-refractivity contribution < 1.29 is 13.0 Å². The molecule has 0 unspecified atom stereocenters. The van der Waals surface area contributed by atoms with Crippen LogP contribution in [0.1, 0.15) is 0 Å². The van der Waals surface area contributed by atoms with E-state index in [-0.39, 0.29) is 6.54 Å². The van der Waals surface area contributed by atoms with E-state index in [0.717, 1.165) is 11.4 Å². The van der Waals surface area contributed by atoms with E-state index in [2.05, 4.69) is 0 Å². The van der Waals surface area contributed by atoms with Gasteiger partial charge in [-0.1, -0.05) is 36.4 Å². The Morgan fingerprint density at radius 2 is 1.26 bits per heavy atom. The third-order valence-corrected chi connectivity index (χ3v) is 3.38. The Hall–Kier alpha value is -1.85. The van der Waals surface area contributed by atoms with Gasteiger partial charge in [0, 0.05) is 17.9 Å². The van der Waals surface area contributed by atoms with Crippen LogP contribution in [0.15, 0.2) is 60.7 Å². The number of nitrogens with zero attached hydrogens (tertiary/aromatic N) is 1. The zero-order valence-corrected chi connectivity index (χ0v) is 11.1. The molecular weight excluding hydrogens is 262 g/mol. The van der Waals surface area contributed by atoms with Crippen LogP contribution in [0.25, 0.3) is 0 Å². The first-order valence-corrected chi connectivity index (χ1v) is 7.45. The first-order chi connectivity index (χ1) is 9.06. The van der Waals surface area contributed by atoms with Crippen LogP contribution in [0.3, 0.4) is 0 Å². The van der Waals surface area contributed by atoms with Gasteiger partial charge in [-0.15, -0.1) is 0 Å². The summed E-state index contributed by atoms with van der Waals surface area (Å²) < 4.78 is 32.4. The summed E-state index contributed by atoms with van der Waals surface area (Å²) in [5, 5.41) is 0. The molecule has 2 aromatic carbocycles. The molecule has 100 valence electrons. The molecule has 0 aliphatic rings. The molecular formula is C14H14NO3S-. The number of para-hydroxylation sites is 2. The van der Waals surface area contributed by atoms with Crippen molar-refractivity contribution in [2.24, 2.45) is 0 Å². The second-order valence-electron chi connectivity index (χ2n) is 4.08. The second-order valence-corrected chi connectivity index (χ2v) is 5.61. The molecule has 0 atom stereocenters. The lowest BCUT2D eigenvalue weighted by Crippen LogP contribution is -2.24. The summed E-state index contributed by atoms with van der Waals surface area (Å²) in [6.45, 7) is 0.139. The van der Waals surface area contributed by atoms with Crippen LogP contribution in [-0.2, 0) is 10.1 Å². The molecule has 2 aromatic rings. The van der Waals surface area contributed by atoms with Crippen molar-refractivity contribution in [3.8, 4) is 0 Å². The lowest BCUT2D eigenvalue weighted by atomic mass is 10.2. The molecule has 0 aliphatic carbocycles. The Balaban J connectivity index is 2.29. The summed E-state index contributed by atoms with van der Waals surface area (Å²) >= 11 is 0. The lowest BCUT2D eigenvalue weighted by molar-refractivity contribution is 0.463. The van der Waals surface area contributed by atoms with E-state index in [9.17, 15) is 13.0 Å². The van der Waals surface area contributed by atoms with Crippen molar-refractivity contribution in [3.05, 3.63) is 60.7 Å². The van der Waals surface area contributed by atoms with Gasteiger partial charge in [0.2, 0.25) is 0 Å². The van der Waals surface area contributed by atoms with Crippen molar-refractivity contribution >= 4 is 21.5 Å². The van der Waals surface area contributed by atoms with Gasteiger partial charge in [0.25, 0.3) is 0 Å². The minimum absolute atomic E-state index is 0.139. The molecule has 0 heterocycles. The molecule has 0 radical (unpaired) electrons. The van der Waals surface area contributed by atoms with Crippen molar-refractivity contribution in [3.63, 3.8) is 0 Å². The van der Waals surface area contributed by atoms with Gasteiger partial charge >= 0.3 is 0 Å². The molecule has 0 saturated carbocycles. The largest absolute Gasteiger partial charge is 0.748 e. The first-order valence-electron chi connectivity index (χ1n) is 5.87. The maximum Gasteiger partial charge on any atom is 0.0963 e. The Morgan fingerprint density at radius 3 is 1.63 bits per heavy atom. The van der Waals surface area contributed by atoms with Gasteiger partial charge in [-0.2, -0.15) is 0 Å². The third-order valence-electron chi connectivity index (χ3n) is 2.70. The van der Waals surface area contributed by atoms with Crippen LogP contribution in [0.2, 0.25) is 0 Å². The fourth-order valence-corrected chi connectivity index (χ4v) is 2.23. The summed E-state index contributed by atoms with van der Waals surface area (Å²) in [7, 11) is -4.23. The van der Waals surface area contributed by atoms with Gasteiger partial charge in [-0.05, 0) is 24.3 Å². The fourth-order valence-electron chi connectivity index (χ4n) is 1.83. The van der Waals surface area contributed by atoms with E-state index in [1.54, 1.807) is 0 Å². The smallest absolute Gasteiger partial charge is 0.0963 e. The summed E-state index contributed by atoms with van der Waals surface area (Å²) in [4.78, 5) is 1.81. The first kappa shape index (κ1) is 13.6. The van der Waals surface area contributed by atoms with Crippen LogP contribution < -0.4 is 4.90 Å². The van der Waals surface area contributed by atoms with E-state index in [4.69, 9.17) is 0 Å². The number of rotatable bonds is 5.